The van der Waals surface area contributed by atoms with Crippen LogP contribution in [0.25, 0.3) is 0 Å². The summed E-state index contributed by atoms with van der Waals surface area (Å²) < 4.78 is 11.3. The van der Waals surface area contributed by atoms with E-state index in [1.165, 1.54) is 0 Å². The topological polar surface area (TPSA) is 42.0 Å². The van der Waals surface area contributed by atoms with E-state index in [1.54, 1.807) is 0 Å². The zero-order valence-corrected chi connectivity index (χ0v) is 20.8. The van der Waals surface area contributed by atoms with Gasteiger partial charge in [-0.1, -0.05) is 60.1 Å². The number of carbonyl (C=O) groups excluding carboxylic acids is 1. The number of ether oxygens (including phenoxy) is 2. The molecule has 0 amide bonds. The molecule has 0 spiro atoms. The summed E-state index contributed by atoms with van der Waals surface area (Å²) in [5, 5.41) is 0.724. The normalized spacial score (nSPS) is 15.3. The van der Waals surface area contributed by atoms with Gasteiger partial charge in [-0.3, -0.25) is 9.69 Å². The Labute approximate surface area is 208 Å². The maximum absolute atomic E-state index is 11.5. The molecule has 0 N–H and O–H groups in total. The fourth-order valence-electron chi connectivity index (χ4n) is 3.70. The SMILES string of the molecule is CCOC(=O)CCN1CCN(CCOC(c2ccccc2)c2ccccc2Cl)CC1.Cl.Cl. The van der Waals surface area contributed by atoms with E-state index < -0.39 is 0 Å². The molecule has 32 heavy (non-hydrogen) atoms. The lowest BCUT2D eigenvalue weighted by atomic mass is 10.0. The standard InChI is InChI=1S/C24H31ClN2O3.2ClH/c1-2-29-23(28)12-13-26-14-16-27(17-15-26)18-19-30-24(20-8-4-3-5-9-20)21-10-6-7-11-22(21)25;;/h3-11,24H,2,12-19H2,1H3;2*1H. The number of halogens is 3. The van der Waals surface area contributed by atoms with Crippen molar-refractivity contribution in [2.24, 2.45) is 0 Å². The summed E-state index contributed by atoms with van der Waals surface area (Å²) >= 11 is 6.46. The number of nitrogens with zero attached hydrogens (tertiary/aromatic N) is 2. The minimum atomic E-state index is -0.175. The van der Waals surface area contributed by atoms with Crippen LogP contribution in [0.1, 0.15) is 30.6 Å². The minimum absolute atomic E-state index is 0. The second-order valence-corrected chi connectivity index (χ2v) is 7.83. The van der Waals surface area contributed by atoms with Gasteiger partial charge in [0.1, 0.15) is 6.10 Å². The summed E-state index contributed by atoms with van der Waals surface area (Å²) in [5.41, 5.74) is 2.10. The Morgan fingerprint density at radius 3 is 2.16 bits per heavy atom. The molecule has 1 aliphatic heterocycles. The van der Waals surface area contributed by atoms with Crippen LogP contribution in [-0.4, -0.2) is 68.3 Å². The molecule has 5 nitrogen and oxygen atoms in total. The molecule has 8 heteroatoms. The Hall–Kier alpha value is -1.34. The Morgan fingerprint density at radius 1 is 0.938 bits per heavy atom. The van der Waals surface area contributed by atoms with E-state index in [4.69, 9.17) is 21.1 Å². The predicted octanol–water partition coefficient (Wildman–Crippen LogP) is 4.86. The first-order valence-electron chi connectivity index (χ1n) is 10.7. The van der Waals surface area contributed by atoms with Crippen LogP contribution in [0.4, 0.5) is 0 Å². The van der Waals surface area contributed by atoms with Gasteiger partial charge in [-0.2, -0.15) is 0 Å². The molecule has 0 bridgehead atoms. The Bertz CT molecular complexity index is 787. The summed E-state index contributed by atoms with van der Waals surface area (Å²) in [7, 11) is 0. The van der Waals surface area contributed by atoms with E-state index in [-0.39, 0.29) is 36.9 Å². The summed E-state index contributed by atoms with van der Waals surface area (Å²) in [6.45, 7) is 8.46. The van der Waals surface area contributed by atoms with Crippen molar-refractivity contribution in [1.29, 1.82) is 0 Å². The van der Waals surface area contributed by atoms with Gasteiger partial charge in [0, 0.05) is 49.9 Å². The van der Waals surface area contributed by atoms with E-state index in [2.05, 4.69) is 21.9 Å². The number of benzene rings is 2. The molecule has 1 heterocycles. The zero-order chi connectivity index (χ0) is 21.2. The maximum atomic E-state index is 11.5. The Balaban J connectivity index is 0.00000256. The fourth-order valence-corrected chi connectivity index (χ4v) is 3.93. The second kappa shape index (κ2) is 15.5. The van der Waals surface area contributed by atoms with Gasteiger partial charge in [0.15, 0.2) is 0 Å². The smallest absolute Gasteiger partial charge is 0.307 e. The average Bonchev–Trinajstić information content (AvgIpc) is 2.78. The number of esters is 1. The Kier molecular flexibility index (Phi) is 13.9. The molecule has 0 aliphatic carbocycles. The predicted molar refractivity (Wildman–Crippen MR) is 134 cm³/mol. The third-order valence-corrected chi connectivity index (χ3v) is 5.73. The first-order valence-corrected chi connectivity index (χ1v) is 11.1. The average molecular weight is 504 g/mol. The molecule has 1 atom stereocenters. The van der Waals surface area contributed by atoms with Crippen molar-refractivity contribution in [3.8, 4) is 0 Å². The van der Waals surface area contributed by atoms with Crippen molar-refractivity contribution in [2.75, 3.05) is 52.5 Å². The van der Waals surface area contributed by atoms with Crippen LogP contribution in [0, 0.1) is 0 Å². The maximum Gasteiger partial charge on any atom is 0.307 e. The van der Waals surface area contributed by atoms with Crippen LogP contribution in [0.3, 0.4) is 0 Å². The molecule has 0 aromatic heterocycles. The minimum Gasteiger partial charge on any atom is -0.466 e. The van der Waals surface area contributed by atoms with Gasteiger partial charge in [0.25, 0.3) is 0 Å². The van der Waals surface area contributed by atoms with Crippen molar-refractivity contribution in [1.82, 2.24) is 9.80 Å². The van der Waals surface area contributed by atoms with Crippen LogP contribution in [0.2, 0.25) is 5.02 Å². The van der Waals surface area contributed by atoms with Crippen LogP contribution < -0.4 is 0 Å². The highest BCUT2D eigenvalue weighted by atomic mass is 35.5. The summed E-state index contributed by atoms with van der Waals surface area (Å²) in [5.74, 6) is -0.111. The molecule has 2 aromatic rings. The van der Waals surface area contributed by atoms with Crippen LogP contribution in [0.15, 0.2) is 54.6 Å². The van der Waals surface area contributed by atoms with E-state index in [1.807, 2.05) is 49.4 Å². The molecule has 1 saturated heterocycles. The molecule has 1 aliphatic rings. The first-order chi connectivity index (χ1) is 14.7. The molecular weight excluding hydrogens is 471 g/mol. The number of hydrogen-bond donors (Lipinski definition) is 0. The van der Waals surface area contributed by atoms with Gasteiger partial charge >= 0.3 is 5.97 Å². The molecule has 0 radical (unpaired) electrons. The van der Waals surface area contributed by atoms with E-state index in [0.29, 0.717) is 19.6 Å². The molecular formula is C24H33Cl3N2O3. The van der Waals surface area contributed by atoms with Gasteiger partial charge in [-0.15, -0.1) is 24.8 Å². The van der Waals surface area contributed by atoms with Gasteiger partial charge in [0.05, 0.1) is 19.6 Å². The highest BCUT2D eigenvalue weighted by Crippen LogP contribution is 2.31. The first kappa shape index (κ1) is 28.7. The van der Waals surface area contributed by atoms with Crippen molar-refractivity contribution in [3.63, 3.8) is 0 Å². The molecule has 2 aromatic carbocycles. The highest BCUT2D eigenvalue weighted by molar-refractivity contribution is 6.31. The largest absolute Gasteiger partial charge is 0.466 e. The number of rotatable bonds is 10. The lowest BCUT2D eigenvalue weighted by Crippen LogP contribution is -2.47. The lowest BCUT2D eigenvalue weighted by Gasteiger charge is -2.34. The summed E-state index contributed by atoms with van der Waals surface area (Å²) in [6, 6.07) is 18.1. The zero-order valence-electron chi connectivity index (χ0n) is 18.5. The van der Waals surface area contributed by atoms with Crippen molar-refractivity contribution >= 4 is 42.4 Å². The highest BCUT2D eigenvalue weighted by Gasteiger charge is 2.20. The van der Waals surface area contributed by atoms with E-state index in [9.17, 15) is 4.79 Å². The summed E-state index contributed by atoms with van der Waals surface area (Å²) in [4.78, 5) is 16.3. The Morgan fingerprint density at radius 2 is 1.53 bits per heavy atom. The van der Waals surface area contributed by atoms with Gasteiger partial charge in [0.2, 0.25) is 0 Å². The number of piperazine rings is 1. The third kappa shape index (κ3) is 8.89. The molecule has 3 rings (SSSR count). The van der Waals surface area contributed by atoms with E-state index in [0.717, 1.165) is 55.4 Å². The third-order valence-electron chi connectivity index (χ3n) is 5.38. The number of hydrogen-bond acceptors (Lipinski definition) is 5. The molecule has 178 valence electrons. The van der Waals surface area contributed by atoms with Gasteiger partial charge in [-0.25, -0.2) is 0 Å². The van der Waals surface area contributed by atoms with Crippen LogP contribution >= 0.6 is 36.4 Å². The van der Waals surface area contributed by atoms with Crippen molar-refractivity contribution in [3.05, 3.63) is 70.7 Å². The summed E-state index contributed by atoms with van der Waals surface area (Å²) in [6.07, 6.45) is 0.291. The monoisotopic (exact) mass is 502 g/mol. The van der Waals surface area contributed by atoms with Gasteiger partial charge < -0.3 is 14.4 Å². The van der Waals surface area contributed by atoms with Crippen molar-refractivity contribution in [2.45, 2.75) is 19.4 Å². The van der Waals surface area contributed by atoms with Crippen LogP contribution in [0.5, 0.6) is 0 Å². The quantitative estimate of drug-likeness (QED) is 0.433. The number of carbonyl (C=O) groups is 1. The fraction of sp³-hybridized carbons (Fsp3) is 0.458. The molecule has 1 fully saturated rings. The van der Waals surface area contributed by atoms with Crippen LogP contribution in [-0.2, 0) is 14.3 Å². The lowest BCUT2D eigenvalue weighted by molar-refractivity contribution is -0.143. The van der Waals surface area contributed by atoms with Gasteiger partial charge in [-0.05, 0) is 18.6 Å². The molecule has 1 unspecified atom stereocenters. The second-order valence-electron chi connectivity index (χ2n) is 7.42. The van der Waals surface area contributed by atoms with E-state index >= 15 is 0 Å². The molecule has 0 saturated carbocycles. The van der Waals surface area contributed by atoms with Crippen molar-refractivity contribution < 1.29 is 14.3 Å².